The van der Waals surface area contributed by atoms with Gasteiger partial charge in [0.1, 0.15) is 5.41 Å². The summed E-state index contributed by atoms with van der Waals surface area (Å²) in [7, 11) is 4.32. The van der Waals surface area contributed by atoms with E-state index in [0.29, 0.717) is 29.9 Å². The smallest absolute Gasteiger partial charge is 0.319 e. The maximum atomic E-state index is 12.4. The van der Waals surface area contributed by atoms with Gasteiger partial charge in [0.05, 0.1) is 21.3 Å². The molecule has 19 heavy (non-hydrogen) atoms. The third kappa shape index (κ3) is 2.16. The number of esters is 1. The number of rotatable bonds is 5. The molecular formula is C14H16O5. The monoisotopic (exact) mass is 264 g/mol. The molecule has 0 bridgehead atoms. The van der Waals surface area contributed by atoms with E-state index in [0.717, 1.165) is 0 Å². The Balaban J connectivity index is 2.32. The molecule has 0 heterocycles. The van der Waals surface area contributed by atoms with Gasteiger partial charge in [0.15, 0.2) is 17.3 Å². The number of ketones is 1. The zero-order chi connectivity index (χ0) is 14.0. The lowest BCUT2D eigenvalue weighted by molar-refractivity contribution is -0.145. The van der Waals surface area contributed by atoms with Gasteiger partial charge in [-0.25, -0.2) is 0 Å². The number of carbonyl (C=O) groups is 2. The van der Waals surface area contributed by atoms with Gasteiger partial charge < -0.3 is 14.2 Å². The van der Waals surface area contributed by atoms with Crippen molar-refractivity contribution in [3.8, 4) is 11.5 Å². The van der Waals surface area contributed by atoms with E-state index in [-0.39, 0.29) is 5.78 Å². The van der Waals surface area contributed by atoms with Gasteiger partial charge >= 0.3 is 5.97 Å². The second kappa shape index (κ2) is 4.91. The van der Waals surface area contributed by atoms with Crippen LogP contribution in [-0.4, -0.2) is 33.1 Å². The summed E-state index contributed by atoms with van der Waals surface area (Å²) in [4.78, 5) is 24.1. The summed E-state index contributed by atoms with van der Waals surface area (Å²) in [6.45, 7) is 0. The second-order valence-electron chi connectivity index (χ2n) is 4.47. The molecule has 102 valence electrons. The molecule has 0 saturated heterocycles. The Kier molecular flexibility index (Phi) is 3.46. The van der Waals surface area contributed by atoms with Gasteiger partial charge in [0.2, 0.25) is 0 Å². The van der Waals surface area contributed by atoms with E-state index in [9.17, 15) is 9.59 Å². The first-order valence-electron chi connectivity index (χ1n) is 5.94. The van der Waals surface area contributed by atoms with Crippen LogP contribution in [0, 0.1) is 5.41 Å². The maximum Gasteiger partial charge on any atom is 0.319 e. The quantitative estimate of drug-likeness (QED) is 0.461. The molecule has 1 aromatic carbocycles. The van der Waals surface area contributed by atoms with Crippen molar-refractivity contribution in [2.45, 2.75) is 12.8 Å². The molecule has 0 unspecified atom stereocenters. The van der Waals surface area contributed by atoms with Crippen LogP contribution in [0.3, 0.4) is 0 Å². The highest BCUT2D eigenvalue weighted by Gasteiger charge is 2.57. The van der Waals surface area contributed by atoms with E-state index >= 15 is 0 Å². The summed E-state index contributed by atoms with van der Waals surface area (Å²) in [5.74, 6) is 0.323. The van der Waals surface area contributed by atoms with Gasteiger partial charge in [-0.15, -0.1) is 0 Å². The van der Waals surface area contributed by atoms with E-state index in [4.69, 9.17) is 14.2 Å². The predicted molar refractivity (Wildman–Crippen MR) is 67.6 cm³/mol. The molecule has 1 fully saturated rings. The maximum absolute atomic E-state index is 12.4. The lowest BCUT2D eigenvalue weighted by Crippen LogP contribution is -2.27. The molecule has 5 heteroatoms. The molecule has 0 N–H and O–H groups in total. The van der Waals surface area contributed by atoms with Crippen molar-refractivity contribution in [3.05, 3.63) is 23.8 Å². The largest absolute Gasteiger partial charge is 0.493 e. The topological polar surface area (TPSA) is 61.8 Å². The lowest BCUT2D eigenvalue weighted by Gasteiger charge is -2.13. The minimum atomic E-state index is -0.992. The molecule has 5 nitrogen and oxygen atoms in total. The van der Waals surface area contributed by atoms with Gasteiger partial charge in [-0.2, -0.15) is 0 Å². The average molecular weight is 264 g/mol. The average Bonchev–Trinajstić information content (AvgIpc) is 3.26. The normalized spacial score (nSPS) is 15.5. The number of ether oxygens (including phenoxy) is 3. The van der Waals surface area contributed by atoms with Crippen molar-refractivity contribution >= 4 is 11.8 Å². The molecule has 0 aliphatic heterocycles. The molecule has 0 amide bonds. The Morgan fingerprint density at radius 2 is 1.68 bits per heavy atom. The van der Waals surface area contributed by atoms with Gasteiger partial charge in [-0.3, -0.25) is 9.59 Å². The second-order valence-corrected chi connectivity index (χ2v) is 4.47. The Morgan fingerprint density at radius 1 is 1.05 bits per heavy atom. The van der Waals surface area contributed by atoms with E-state index < -0.39 is 11.4 Å². The van der Waals surface area contributed by atoms with Crippen molar-refractivity contribution in [2.75, 3.05) is 21.3 Å². The van der Waals surface area contributed by atoms with Crippen molar-refractivity contribution < 1.29 is 23.8 Å². The van der Waals surface area contributed by atoms with Crippen molar-refractivity contribution in [1.82, 2.24) is 0 Å². The van der Waals surface area contributed by atoms with Gasteiger partial charge in [-0.1, -0.05) is 0 Å². The number of carbonyl (C=O) groups excluding carboxylic acids is 2. The molecule has 1 aliphatic carbocycles. The first-order valence-corrected chi connectivity index (χ1v) is 5.94. The number of hydrogen-bond donors (Lipinski definition) is 0. The Bertz CT molecular complexity index is 517. The zero-order valence-corrected chi connectivity index (χ0v) is 11.2. The highest BCUT2D eigenvalue weighted by molar-refractivity contribution is 6.15. The molecule has 0 radical (unpaired) electrons. The number of methoxy groups -OCH3 is 3. The molecule has 0 atom stereocenters. The number of hydrogen-bond acceptors (Lipinski definition) is 5. The van der Waals surface area contributed by atoms with Crippen LogP contribution in [0.4, 0.5) is 0 Å². The molecule has 1 saturated carbocycles. The summed E-state index contributed by atoms with van der Waals surface area (Å²) in [5, 5.41) is 0. The Morgan fingerprint density at radius 3 is 2.16 bits per heavy atom. The standard InChI is InChI=1S/C14H16O5/c1-17-10-5-4-9(8-11(10)18-2)12(15)14(6-7-14)13(16)19-3/h4-5,8H,6-7H2,1-3H3. The molecular weight excluding hydrogens is 248 g/mol. The molecule has 1 aliphatic rings. The molecule has 1 aromatic rings. The van der Waals surface area contributed by atoms with Crippen LogP contribution in [0.1, 0.15) is 23.2 Å². The number of benzene rings is 1. The number of Topliss-reactive ketones (excluding diaryl/α,β-unsaturated/α-hetero) is 1. The van der Waals surface area contributed by atoms with E-state index in [1.165, 1.54) is 21.3 Å². The summed E-state index contributed by atoms with van der Waals surface area (Å²) in [6, 6.07) is 4.87. The summed E-state index contributed by atoms with van der Waals surface area (Å²) in [6.07, 6.45) is 1.07. The Hall–Kier alpha value is -2.04. The summed E-state index contributed by atoms with van der Waals surface area (Å²) in [5.41, 5.74) is -0.561. The van der Waals surface area contributed by atoms with Gasteiger partial charge in [0.25, 0.3) is 0 Å². The third-order valence-electron chi connectivity index (χ3n) is 3.41. The Labute approximate surface area is 111 Å². The van der Waals surface area contributed by atoms with E-state index in [2.05, 4.69) is 0 Å². The van der Waals surface area contributed by atoms with Crippen LogP contribution in [-0.2, 0) is 9.53 Å². The van der Waals surface area contributed by atoms with E-state index in [1.807, 2.05) is 0 Å². The predicted octanol–water partition coefficient (Wildman–Crippen LogP) is 1.84. The zero-order valence-electron chi connectivity index (χ0n) is 11.2. The minimum absolute atomic E-state index is 0.222. The van der Waals surface area contributed by atoms with Crippen LogP contribution in [0.2, 0.25) is 0 Å². The van der Waals surface area contributed by atoms with Crippen molar-refractivity contribution in [2.24, 2.45) is 5.41 Å². The first-order chi connectivity index (χ1) is 9.08. The van der Waals surface area contributed by atoms with Crippen molar-refractivity contribution in [1.29, 1.82) is 0 Å². The summed E-state index contributed by atoms with van der Waals surface area (Å²) >= 11 is 0. The first kappa shape index (κ1) is 13.4. The third-order valence-corrected chi connectivity index (χ3v) is 3.41. The highest BCUT2D eigenvalue weighted by atomic mass is 16.5. The SMILES string of the molecule is COC(=O)C1(C(=O)c2ccc(OC)c(OC)c2)CC1. The van der Waals surface area contributed by atoms with Crippen molar-refractivity contribution in [3.63, 3.8) is 0 Å². The van der Waals surface area contributed by atoms with Gasteiger partial charge in [0, 0.05) is 5.56 Å². The van der Waals surface area contributed by atoms with Crippen LogP contribution in [0.15, 0.2) is 18.2 Å². The fourth-order valence-corrected chi connectivity index (χ4v) is 2.10. The molecule has 0 aromatic heterocycles. The van der Waals surface area contributed by atoms with Gasteiger partial charge in [-0.05, 0) is 31.0 Å². The van der Waals surface area contributed by atoms with Crippen LogP contribution >= 0.6 is 0 Å². The fourth-order valence-electron chi connectivity index (χ4n) is 2.10. The molecule has 2 rings (SSSR count). The van der Waals surface area contributed by atoms with E-state index in [1.54, 1.807) is 18.2 Å². The van der Waals surface area contributed by atoms with Crippen LogP contribution in [0.5, 0.6) is 11.5 Å². The lowest BCUT2D eigenvalue weighted by atomic mass is 9.94. The van der Waals surface area contributed by atoms with Crippen LogP contribution in [0.25, 0.3) is 0 Å². The fraction of sp³-hybridized carbons (Fsp3) is 0.429. The summed E-state index contributed by atoms with van der Waals surface area (Å²) < 4.78 is 15.0. The highest BCUT2D eigenvalue weighted by Crippen LogP contribution is 2.49. The molecule has 0 spiro atoms. The minimum Gasteiger partial charge on any atom is -0.493 e. The van der Waals surface area contributed by atoms with Crippen LogP contribution < -0.4 is 9.47 Å².